The van der Waals surface area contributed by atoms with Gasteiger partial charge in [-0.2, -0.15) is 12.7 Å². The molecule has 15 heteroatoms. The molecule has 5 fully saturated rings. The first kappa shape index (κ1) is 44.9. The number of hydrogen-bond acceptors (Lipinski definition) is 8. The minimum absolute atomic E-state index is 0.148. The lowest BCUT2D eigenvalue weighted by Crippen LogP contribution is -2.62. The van der Waals surface area contributed by atoms with E-state index in [-0.39, 0.29) is 29.7 Å². The predicted molar refractivity (Wildman–Crippen MR) is 218 cm³/mol. The van der Waals surface area contributed by atoms with E-state index in [9.17, 15) is 27.6 Å². The van der Waals surface area contributed by atoms with Crippen LogP contribution in [0.4, 0.5) is 4.79 Å². The fourth-order valence-corrected chi connectivity index (χ4v) is 11.8. The van der Waals surface area contributed by atoms with E-state index in [2.05, 4.69) is 54.9 Å². The molecule has 0 aromatic carbocycles. The number of amides is 5. The van der Waals surface area contributed by atoms with Crippen molar-refractivity contribution in [3.63, 3.8) is 0 Å². The Bertz CT molecular complexity index is 1710. The molecule has 3 aliphatic carbocycles. The van der Waals surface area contributed by atoms with Crippen LogP contribution in [0.1, 0.15) is 140 Å². The molecule has 0 bridgehead atoms. The van der Waals surface area contributed by atoms with Gasteiger partial charge in [0.15, 0.2) is 0 Å². The third kappa shape index (κ3) is 8.47. The van der Waals surface area contributed by atoms with Crippen molar-refractivity contribution in [2.45, 2.75) is 169 Å². The van der Waals surface area contributed by atoms with Gasteiger partial charge >= 0.3 is 16.3 Å². The number of alkyl carbamates (subject to hydrolysis) is 1. The molecule has 14 nitrogen and oxygen atoms in total. The highest BCUT2D eigenvalue weighted by molar-refractivity contribution is 7.87. The van der Waals surface area contributed by atoms with Gasteiger partial charge < -0.3 is 25.6 Å². The highest BCUT2D eigenvalue weighted by Crippen LogP contribution is 2.83. The lowest BCUT2D eigenvalue weighted by Gasteiger charge is -2.38. The predicted octanol–water partition coefficient (Wildman–Crippen LogP) is 4.94. The Kier molecular flexibility index (Phi) is 12.4. The molecule has 57 heavy (non-hydrogen) atoms. The van der Waals surface area contributed by atoms with Crippen molar-refractivity contribution in [3.8, 4) is 0 Å². The smallest absolute Gasteiger partial charge is 0.408 e. The summed E-state index contributed by atoms with van der Waals surface area (Å²) >= 11 is 0. The summed E-state index contributed by atoms with van der Waals surface area (Å²) in [6.45, 7) is 24.3. The number of rotatable bonds is 13. The molecule has 5 aliphatic rings. The van der Waals surface area contributed by atoms with Crippen molar-refractivity contribution in [2.24, 2.45) is 33.5 Å². The average molecular weight is 819 g/mol. The van der Waals surface area contributed by atoms with E-state index in [1.807, 2.05) is 20.8 Å². The van der Waals surface area contributed by atoms with Gasteiger partial charge in [0.25, 0.3) is 5.91 Å². The molecule has 322 valence electrons. The lowest BCUT2D eigenvalue weighted by atomic mass is 9.82. The summed E-state index contributed by atoms with van der Waals surface area (Å²) in [5.74, 6) is -2.95. The van der Waals surface area contributed by atoms with Crippen LogP contribution in [0, 0.1) is 33.5 Å². The van der Waals surface area contributed by atoms with E-state index >= 15 is 4.79 Å². The van der Waals surface area contributed by atoms with Gasteiger partial charge in [0, 0.05) is 31.0 Å². The number of nitrogens with zero attached hydrogens (tertiary/aromatic N) is 2. The van der Waals surface area contributed by atoms with Crippen LogP contribution in [-0.2, 0) is 34.1 Å². The molecule has 5 rings (SSSR count). The van der Waals surface area contributed by atoms with E-state index in [4.69, 9.17) is 4.74 Å². The molecule has 5 amide bonds. The lowest BCUT2D eigenvalue weighted by molar-refractivity contribution is -0.145. The van der Waals surface area contributed by atoms with Crippen molar-refractivity contribution in [1.82, 2.24) is 29.9 Å². The van der Waals surface area contributed by atoms with Gasteiger partial charge in [-0.1, -0.05) is 80.2 Å². The number of ether oxygens (including phenoxy) is 1. The van der Waals surface area contributed by atoms with Crippen LogP contribution >= 0.6 is 0 Å². The fraction of sp³-hybridized carbons (Fsp3) is 0.833. The zero-order valence-corrected chi connectivity index (χ0v) is 37.0. The molecule has 2 heterocycles. The van der Waals surface area contributed by atoms with Crippen molar-refractivity contribution >= 4 is 39.9 Å². The molecule has 0 radical (unpaired) electrons. The van der Waals surface area contributed by atoms with Gasteiger partial charge in [-0.15, -0.1) is 6.58 Å². The summed E-state index contributed by atoms with van der Waals surface area (Å²) in [5, 5.41) is 8.80. The summed E-state index contributed by atoms with van der Waals surface area (Å²) in [6, 6.07) is -3.01. The Morgan fingerprint density at radius 1 is 0.912 bits per heavy atom. The Hall–Kier alpha value is -3.20. The molecule has 0 aromatic heterocycles. The standard InChI is InChI=1S/C42H70N6O8S/c1-12-21-40(11)39(9,10)41(40)25-29(32(49)45-42(24-28(42)13-2)35(52)46-57(54,55)47-22-17-18-23-47)48(26-41)34(51)31(37(3,4)5)44-33(50)30(27-19-15-14-16-20-27)43-36(53)56-38(6,7)8/h13,27-31H,2,12,14-26H2,1,3-11H3,(H,43,53)(H,44,50)(H,45,49)(H,46,52)/t28-,29+,30+,31-,40?,41-,42-/m1/s1. The van der Waals surface area contributed by atoms with Crippen LogP contribution in [-0.4, -0.2) is 96.2 Å². The zero-order chi connectivity index (χ0) is 42.6. The molecule has 2 saturated heterocycles. The normalized spacial score (nSPS) is 31.2. The largest absolute Gasteiger partial charge is 0.444 e. The zero-order valence-electron chi connectivity index (χ0n) is 36.1. The average Bonchev–Trinajstić information content (AvgIpc) is 3.55. The quantitative estimate of drug-likeness (QED) is 0.189. The number of carbonyl (C=O) groups is 5. The molecule has 2 aliphatic heterocycles. The Labute approximate surface area is 341 Å². The molecular formula is C42H70N6O8S. The van der Waals surface area contributed by atoms with Crippen LogP contribution < -0.4 is 20.7 Å². The maximum absolute atomic E-state index is 15.2. The van der Waals surface area contributed by atoms with Gasteiger partial charge in [-0.05, 0) is 87.9 Å². The van der Waals surface area contributed by atoms with E-state index < -0.39 is 85.9 Å². The third-order valence-electron chi connectivity index (χ3n) is 14.4. The summed E-state index contributed by atoms with van der Waals surface area (Å²) in [7, 11) is -4.12. The number of carbonyl (C=O) groups excluding carboxylic acids is 5. The van der Waals surface area contributed by atoms with E-state index in [1.54, 1.807) is 31.7 Å². The fourth-order valence-electron chi connectivity index (χ4n) is 10.6. The van der Waals surface area contributed by atoms with E-state index in [1.165, 1.54) is 4.31 Å². The van der Waals surface area contributed by atoms with E-state index in [0.717, 1.165) is 44.9 Å². The number of likely N-dealkylation sites (tertiary alicyclic amines) is 1. The van der Waals surface area contributed by atoms with Crippen molar-refractivity contribution < 1.29 is 37.1 Å². The van der Waals surface area contributed by atoms with Crippen molar-refractivity contribution in [3.05, 3.63) is 12.7 Å². The molecule has 1 spiro atoms. The summed E-state index contributed by atoms with van der Waals surface area (Å²) in [4.78, 5) is 72.7. The van der Waals surface area contributed by atoms with Crippen LogP contribution in [0.3, 0.4) is 0 Å². The van der Waals surface area contributed by atoms with Crippen molar-refractivity contribution in [1.29, 1.82) is 0 Å². The molecular weight excluding hydrogens is 749 g/mol. The number of nitrogens with one attached hydrogen (secondary N) is 4. The van der Waals surface area contributed by atoms with Crippen LogP contribution in [0.15, 0.2) is 12.7 Å². The van der Waals surface area contributed by atoms with Gasteiger partial charge in [0.05, 0.1) is 0 Å². The molecule has 4 N–H and O–H groups in total. The van der Waals surface area contributed by atoms with Crippen LogP contribution in [0.5, 0.6) is 0 Å². The van der Waals surface area contributed by atoms with Crippen LogP contribution in [0.25, 0.3) is 0 Å². The maximum Gasteiger partial charge on any atom is 0.408 e. The number of hydrogen-bond donors (Lipinski definition) is 4. The minimum Gasteiger partial charge on any atom is -0.444 e. The highest BCUT2D eigenvalue weighted by Gasteiger charge is 2.81. The summed E-state index contributed by atoms with van der Waals surface area (Å²) in [6.07, 6.45) is 8.90. The molecule has 3 saturated carbocycles. The monoisotopic (exact) mass is 818 g/mol. The second-order valence-corrected chi connectivity index (χ2v) is 22.0. The van der Waals surface area contributed by atoms with Gasteiger partial charge in [-0.25, -0.2) is 9.52 Å². The Morgan fingerprint density at radius 2 is 1.53 bits per heavy atom. The first-order valence-corrected chi connectivity index (χ1v) is 22.6. The van der Waals surface area contributed by atoms with Gasteiger partial charge in [-0.3, -0.25) is 19.2 Å². The first-order chi connectivity index (χ1) is 26.3. The van der Waals surface area contributed by atoms with Gasteiger partial charge in [0.2, 0.25) is 17.7 Å². The molecule has 1 unspecified atom stereocenters. The highest BCUT2D eigenvalue weighted by atomic mass is 32.2. The minimum atomic E-state index is -4.12. The second-order valence-electron chi connectivity index (χ2n) is 20.4. The van der Waals surface area contributed by atoms with E-state index in [0.29, 0.717) is 32.4 Å². The molecule has 7 atom stereocenters. The first-order valence-electron chi connectivity index (χ1n) is 21.2. The van der Waals surface area contributed by atoms with Crippen LogP contribution in [0.2, 0.25) is 0 Å². The molecule has 0 aromatic rings. The summed E-state index contributed by atoms with van der Waals surface area (Å²) in [5.41, 5.74) is -4.00. The SMILES string of the molecule is C=C[C@@H]1C[C@]1(NC(=O)[C@@H]1C[C@@]2(CN1C(=O)[C@@H](NC(=O)[C@@H](NC(=O)OC(C)(C)C)C1CCCCC1)C(C)(C)C)C(C)(C)C2(C)CCC)C(=O)NS(=O)(=O)N1CCCC1. The summed E-state index contributed by atoms with van der Waals surface area (Å²) < 4.78 is 35.3. The Balaban J connectivity index is 1.45. The second kappa shape index (κ2) is 15.8. The van der Waals surface area contributed by atoms with Gasteiger partial charge in [0.1, 0.15) is 29.3 Å². The maximum atomic E-state index is 15.2. The van der Waals surface area contributed by atoms with Crippen molar-refractivity contribution in [2.75, 3.05) is 19.6 Å². The topological polar surface area (TPSA) is 183 Å². The third-order valence-corrected chi connectivity index (χ3v) is 15.9. The Morgan fingerprint density at radius 3 is 2.05 bits per heavy atom.